The van der Waals surface area contributed by atoms with Gasteiger partial charge in [0.15, 0.2) is 0 Å². The van der Waals surface area contributed by atoms with Crippen molar-refractivity contribution in [2.45, 2.75) is 19.8 Å². The summed E-state index contributed by atoms with van der Waals surface area (Å²) < 4.78 is 0. The quantitative estimate of drug-likeness (QED) is 0.639. The number of rotatable bonds is 1. The van der Waals surface area contributed by atoms with Gasteiger partial charge in [-0.15, -0.1) is 0 Å². The van der Waals surface area contributed by atoms with Crippen molar-refractivity contribution in [3.05, 3.63) is 29.3 Å². The first-order valence-corrected chi connectivity index (χ1v) is 5.16. The standard InChI is InChI=1S/C13H13NO/c1-10-5-7-14-13-11(6-8-15)3-2-4-12(13)9-10/h2-4,6-7,10H,5,9H2,1H3. The highest BCUT2D eigenvalue weighted by Gasteiger charge is 2.12. The average molecular weight is 199 g/mol. The van der Waals surface area contributed by atoms with Crippen LogP contribution >= 0.6 is 0 Å². The zero-order valence-electron chi connectivity index (χ0n) is 8.73. The maximum Gasteiger partial charge on any atom is 0.125 e. The predicted octanol–water partition coefficient (Wildman–Crippen LogP) is 2.82. The van der Waals surface area contributed by atoms with Crippen LogP contribution in [-0.2, 0) is 11.2 Å². The molecular weight excluding hydrogens is 186 g/mol. The molecule has 1 aromatic carbocycles. The fraction of sp³-hybridized carbons (Fsp3) is 0.308. The van der Waals surface area contributed by atoms with E-state index < -0.39 is 0 Å². The summed E-state index contributed by atoms with van der Waals surface area (Å²) in [5, 5.41) is 0. The largest absolute Gasteiger partial charge is 0.260 e. The topological polar surface area (TPSA) is 29.4 Å². The predicted molar refractivity (Wildman–Crippen MR) is 62.2 cm³/mol. The Morgan fingerprint density at radius 2 is 2.40 bits per heavy atom. The minimum absolute atomic E-state index is 0.616. The van der Waals surface area contributed by atoms with Gasteiger partial charge in [0, 0.05) is 17.9 Å². The molecular formula is C13H13NO. The van der Waals surface area contributed by atoms with Crippen molar-refractivity contribution in [1.82, 2.24) is 0 Å². The number of aliphatic imine (C=N–C) groups is 1. The first kappa shape index (κ1) is 9.88. The van der Waals surface area contributed by atoms with Gasteiger partial charge in [-0.2, -0.15) is 0 Å². The first-order chi connectivity index (χ1) is 7.31. The number of para-hydroxylation sites is 1. The zero-order chi connectivity index (χ0) is 10.7. The van der Waals surface area contributed by atoms with E-state index in [0.29, 0.717) is 5.92 Å². The summed E-state index contributed by atoms with van der Waals surface area (Å²) in [6.45, 7) is 2.21. The number of fused-ring (bicyclic) bond motifs is 1. The highest BCUT2D eigenvalue weighted by molar-refractivity contribution is 5.83. The number of carbonyl (C=O) groups excluding carboxylic acids is 1. The third kappa shape index (κ3) is 2.05. The summed E-state index contributed by atoms with van der Waals surface area (Å²) in [5.74, 6) is 2.43. The normalized spacial score (nSPS) is 18.9. The van der Waals surface area contributed by atoms with E-state index in [1.165, 1.54) is 11.6 Å². The van der Waals surface area contributed by atoms with Gasteiger partial charge in [-0.25, -0.2) is 4.79 Å². The summed E-state index contributed by atoms with van der Waals surface area (Å²) in [5.41, 5.74) is 3.03. The molecule has 0 radical (unpaired) electrons. The van der Waals surface area contributed by atoms with E-state index in [-0.39, 0.29) is 0 Å². The molecule has 15 heavy (non-hydrogen) atoms. The third-order valence-corrected chi connectivity index (χ3v) is 2.66. The molecule has 1 atom stereocenters. The Morgan fingerprint density at radius 1 is 1.53 bits per heavy atom. The molecule has 0 saturated heterocycles. The Kier molecular flexibility index (Phi) is 2.79. The molecule has 2 nitrogen and oxygen atoms in total. The monoisotopic (exact) mass is 199 g/mol. The van der Waals surface area contributed by atoms with Crippen molar-refractivity contribution in [3.63, 3.8) is 0 Å². The van der Waals surface area contributed by atoms with Crippen LogP contribution in [0.5, 0.6) is 0 Å². The minimum atomic E-state index is 0.616. The van der Waals surface area contributed by atoms with Crippen molar-refractivity contribution in [1.29, 1.82) is 0 Å². The van der Waals surface area contributed by atoms with Gasteiger partial charge in [0.1, 0.15) is 5.94 Å². The van der Waals surface area contributed by atoms with E-state index in [0.717, 1.165) is 24.1 Å². The molecule has 0 amide bonds. The summed E-state index contributed by atoms with van der Waals surface area (Å²) in [6.07, 6.45) is 5.42. The minimum Gasteiger partial charge on any atom is -0.260 e. The Morgan fingerprint density at radius 3 is 3.20 bits per heavy atom. The molecule has 0 aromatic heterocycles. The van der Waals surface area contributed by atoms with Crippen LogP contribution in [0, 0.1) is 5.92 Å². The van der Waals surface area contributed by atoms with E-state index in [4.69, 9.17) is 0 Å². The highest BCUT2D eigenvalue weighted by atomic mass is 16.1. The molecule has 2 heteroatoms. The van der Waals surface area contributed by atoms with Crippen molar-refractivity contribution in [2.75, 3.05) is 0 Å². The Bertz CT molecular complexity index is 442. The second-order valence-electron chi connectivity index (χ2n) is 3.97. The first-order valence-electron chi connectivity index (χ1n) is 5.16. The molecule has 0 N–H and O–H groups in total. The van der Waals surface area contributed by atoms with Crippen molar-refractivity contribution >= 4 is 23.9 Å². The molecule has 1 aromatic rings. The second kappa shape index (κ2) is 4.24. The van der Waals surface area contributed by atoms with E-state index in [9.17, 15) is 4.79 Å². The third-order valence-electron chi connectivity index (χ3n) is 2.66. The zero-order valence-corrected chi connectivity index (χ0v) is 8.73. The lowest BCUT2D eigenvalue weighted by atomic mass is 9.97. The van der Waals surface area contributed by atoms with Crippen LogP contribution in [0.3, 0.4) is 0 Å². The summed E-state index contributed by atoms with van der Waals surface area (Å²) >= 11 is 0. The Labute approximate surface area is 89.3 Å². The molecule has 76 valence electrons. The van der Waals surface area contributed by atoms with Crippen LogP contribution in [-0.4, -0.2) is 12.2 Å². The number of hydrogen-bond acceptors (Lipinski definition) is 2. The summed E-state index contributed by atoms with van der Waals surface area (Å²) in [7, 11) is 0. The van der Waals surface area contributed by atoms with Gasteiger partial charge in [0.05, 0.1) is 5.69 Å². The Balaban J connectivity index is 2.54. The molecule has 2 rings (SSSR count). The van der Waals surface area contributed by atoms with Crippen LogP contribution < -0.4 is 0 Å². The van der Waals surface area contributed by atoms with Crippen LogP contribution in [0.2, 0.25) is 0 Å². The lowest BCUT2D eigenvalue weighted by Crippen LogP contribution is -1.97. The number of nitrogens with zero attached hydrogens (tertiary/aromatic N) is 1. The van der Waals surface area contributed by atoms with Gasteiger partial charge < -0.3 is 0 Å². The second-order valence-corrected chi connectivity index (χ2v) is 3.97. The summed E-state index contributed by atoms with van der Waals surface area (Å²) in [4.78, 5) is 14.8. The maximum atomic E-state index is 10.4. The molecule has 0 fully saturated rings. The fourth-order valence-electron chi connectivity index (χ4n) is 1.90. The molecule has 0 bridgehead atoms. The molecule has 1 unspecified atom stereocenters. The maximum absolute atomic E-state index is 10.4. The smallest absolute Gasteiger partial charge is 0.125 e. The van der Waals surface area contributed by atoms with Crippen molar-refractivity contribution in [2.24, 2.45) is 10.9 Å². The lowest BCUT2D eigenvalue weighted by Gasteiger charge is -2.08. The fourth-order valence-corrected chi connectivity index (χ4v) is 1.90. The average Bonchev–Trinajstić information content (AvgIpc) is 2.40. The molecule has 1 heterocycles. The van der Waals surface area contributed by atoms with Gasteiger partial charge in [-0.1, -0.05) is 25.1 Å². The van der Waals surface area contributed by atoms with Crippen LogP contribution in [0.25, 0.3) is 6.08 Å². The highest BCUT2D eigenvalue weighted by Crippen LogP contribution is 2.30. The number of hydrogen-bond donors (Lipinski definition) is 0. The molecule has 0 aliphatic carbocycles. The van der Waals surface area contributed by atoms with Gasteiger partial charge in [-0.3, -0.25) is 4.99 Å². The molecule has 0 saturated carbocycles. The van der Waals surface area contributed by atoms with Crippen molar-refractivity contribution < 1.29 is 4.79 Å². The molecule has 1 aliphatic rings. The van der Waals surface area contributed by atoms with Crippen LogP contribution in [0.4, 0.5) is 5.69 Å². The van der Waals surface area contributed by atoms with Crippen LogP contribution in [0.1, 0.15) is 24.5 Å². The van der Waals surface area contributed by atoms with E-state index >= 15 is 0 Å². The Hall–Kier alpha value is -1.66. The molecule has 1 aliphatic heterocycles. The van der Waals surface area contributed by atoms with Gasteiger partial charge in [-0.05, 0) is 24.3 Å². The van der Waals surface area contributed by atoms with E-state index in [1.807, 2.05) is 24.3 Å². The SMILES string of the molecule is CC1CC=Nc2c(C=C=O)cccc2C1. The van der Waals surface area contributed by atoms with Gasteiger partial charge >= 0.3 is 0 Å². The lowest BCUT2D eigenvalue weighted by molar-refractivity contribution is 0.570. The van der Waals surface area contributed by atoms with Gasteiger partial charge in [0.25, 0.3) is 0 Å². The van der Waals surface area contributed by atoms with Gasteiger partial charge in [0.2, 0.25) is 0 Å². The van der Waals surface area contributed by atoms with E-state index in [1.54, 1.807) is 0 Å². The van der Waals surface area contributed by atoms with Crippen LogP contribution in [0.15, 0.2) is 23.2 Å². The summed E-state index contributed by atoms with van der Waals surface area (Å²) in [6, 6.07) is 5.95. The van der Waals surface area contributed by atoms with Crippen molar-refractivity contribution in [3.8, 4) is 0 Å². The molecule has 0 spiro atoms. The number of benzene rings is 1. The van der Waals surface area contributed by atoms with E-state index in [2.05, 4.69) is 18.0 Å².